The molecule has 1 aromatic rings. The van der Waals surface area contributed by atoms with Gasteiger partial charge in [0.15, 0.2) is 0 Å². The third-order valence-corrected chi connectivity index (χ3v) is 3.22. The molecule has 0 aliphatic carbocycles. The van der Waals surface area contributed by atoms with Gasteiger partial charge in [0.1, 0.15) is 0 Å². The first-order valence-corrected chi connectivity index (χ1v) is 6.09. The number of hydrogen-bond donors (Lipinski definition) is 2. The van der Waals surface area contributed by atoms with Gasteiger partial charge in [-0.3, -0.25) is 4.79 Å². The van der Waals surface area contributed by atoms with Gasteiger partial charge in [-0.1, -0.05) is 11.8 Å². The summed E-state index contributed by atoms with van der Waals surface area (Å²) in [5, 5.41) is 5.76. The first kappa shape index (κ1) is 12.3. The van der Waals surface area contributed by atoms with Crippen LogP contribution in [-0.4, -0.2) is 24.8 Å². The second kappa shape index (κ2) is 5.46. The van der Waals surface area contributed by atoms with E-state index in [2.05, 4.69) is 10.6 Å². The molecule has 6 heteroatoms. The van der Waals surface area contributed by atoms with Crippen LogP contribution in [0.25, 0.3) is 0 Å². The summed E-state index contributed by atoms with van der Waals surface area (Å²) in [5.41, 5.74) is 0.639. The van der Waals surface area contributed by atoms with Crippen LogP contribution in [0, 0.1) is 5.92 Å². The molecule has 1 aliphatic rings. The lowest BCUT2D eigenvalue weighted by molar-refractivity contribution is -0.121. The molecule has 92 valence electrons. The molecule has 2 N–H and O–H groups in total. The van der Waals surface area contributed by atoms with E-state index in [1.807, 2.05) is 0 Å². The fourth-order valence-corrected chi connectivity index (χ4v) is 1.94. The van der Waals surface area contributed by atoms with Crippen molar-refractivity contribution in [3.63, 3.8) is 0 Å². The summed E-state index contributed by atoms with van der Waals surface area (Å²) in [7, 11) is 0. The molecule has 0 bridgehead atoms. The first-order valence-electron chi connectivity index (χ1n) is 5.21. The van der Waals surface area contributed by atoms with E-state index in [0.717, 1.165) is 0 Å². The van der Waals surface area contributed by atoms with E-state index in [-0.39, 0.29) is 11.8 Å². The highest BCUT2D eigenvalue weighted by molar-refractivity contribution is 7.99. The molecule has 1 fully saturated rings. The average molecular weight is 258 g/mol. The fourth-order valence-electron chi connectivity index (χ4n) is 1.44. The van der Waals surface area contributed by atoms with Crippen LogP contribution >= 0.6 is 11.8 Å². The van der Waals surface area contributed by atoms with Crippen molar-refractivity contribution in [3.05, 3.63) is 24.3 Å². The lowest BCUT2D eigenvalue weighted by Gasteiger charge is -2.25. The molecule has 2 rings (SSSR count). The van der Waals surface area contributed by atoms with Gasteiger partial charge in [0, 0.05) is 23.7 Å². The highest BCUT2D eigenvalue weighted by atomic mass is 32.2. The summed E-state index contributed by atoms with van der Waals surface area (Å²) in [4.78, 5) is 12.1. The van der Waals surface area contributed by atoms with Crippen molar-refractivity contribution >= 4 is 23.4 Å². The number of halogens is 2. The van der Waals surface area contributed by atoms with Crippen LogP contribution in [0.4, 0.5) is 14.5 Å². The van der Waals surface area contributed by atoms with Crippen LogP contribution in [0.15, 0.2) is 29.2 Å². The van der Waals surface area contributed by atoms with Gasteiger partial charge in [-0.15, -0.1) is 0 Å². The van der Waals surface area contributed by atoms with Gasteiger partial charge in [0.2, 0.25) is 5.91 Å². The smallest absolute Gasteiger partial charge is 0.288 e. The van der Waals surface area contributed by atoms with Crippen molar-refractivity contribution < 1.29 is 13.6 Å². The van der Waals surface area contributed by atoms with Crippen molar-refractivity contribution in [1.29, 1.82) is 0 Å². The Morgan fingerprint density at radius 2 is 2.00 bits per heavy atom. The van der Waals surface area contributed by atoms with Gasteiger partial charge in [-0.25, -0.2) is 0 Å². The average Bonchev–Trinajstić information content (AvgIpc) is 2.17. The van der Waals surface area contributed by atoms with Crippen LogP contribution in [0.5, 0.6) is 0 Å². The summed E-state index contributed by atoms with van der Waals surface area (Å²) in [6.45, 7) is 1.40. The Morgan fingerprint density at radius 1 is 1.35 bits per heavy atom. The van der Waals surface area contributed by atoms with Crippen molar-refractivity contribution in [2.24, 2.45) is 5.92 Å². The molecular weight excluding hydrogens is 246 g/mol. The zero-order chi connectivity index (χ0) is 12.3. The molecule has 0 aromatic heterocycles. The summed E-state index contributed by atoms with van der Waals surface area (Å²) in [6, 6.07) is 6.42. The number of thioether (sulfide) groups is 1. The number of nitrogens with one attached hydrogen (secondary N) is 2. The molecule has 0 atom stereocenters. The van der Waals surface area contributed by atoms with Crippen LogP contribution in [-0.2, 0) is 4.79 Å². The van der Waals surface area contributed by atoms with Crippen molar-refractivity contribution in [2.75, 3.05) is 18.4 Å². The topological polar surface area (TPSA) is 41.1 Å². The Morgan fingerprint density at radius 3 is 2.47 bits per heavy atom. The maximum atomic E-state index is 12.1. The summed E-state index contributed by atoms with van der Waals surface area (Å²) in [6.07, 6.45) is 0. The molecular formula is C11H12F2N2OS. The van der Waals surface area contributed by atoms with Crippen LogP contribution in [0.3, 0.4) is 0 Å². The van der Waals surface area contributed by atoms with E-state index in [0.29, 0.717) is 35.4 Å². The van der Waals surface area contributed by atoms with E-state index in [1.54, 1.807) is 24.3 Å². The lowest BCUT2D eigenvalue weighted by atomic mass is 10.0. The Hall–Kier alpha value is -1.14. The first-order chi connectivity index (χ1) is 8.15. The molecule has 17 heavy (non-hydrogen) atoms. The number of amides is 1. The Balaban J connectivity index is 1.90. The molecule has 1 heterocycles. The molecule has 1 aliphatic heterocycles. The molecule has 3 nitrogen and oxygen atoms in total. The Labute approximate surface area is 102 Å². The minimum absolute atomic E-state index is 0.0186. The van der Waals surface area contributed by atoms with Gasteiger partial charge >= 0.3 is 0 Å². The molecule has 0 unspecified atom stereocenters. The predicted molar refractivity (Wildman–Crippen MR) is 63.3 cm³/mol. The molecule has 0 radical (unpaired) electrons. The minimum Gasteiger partial charge on any atom is -0.326 e. The molecule has 0 spiro atoms. The zero-order valence-electron chi connectivity index (χ0n) is 8.95. The van der Waals surface area contributed by atoms with Crippen LogP contribution in [0.1, 0.15) is 0 Å². The zero-order valence-corrected chi connectivity index (χ0v) is 9.77. The van der Waals surface area contributed by atoms with E-state index in [9.17, 15) is 13.6 Å². The van der Waals surface area contributed by atoms with E-state index < -0.39 is 5.76 Å². The highest BCUT2D eigenvalue weighted by Gasteiger charge is 2.24. The predicted octanol–water partition coefficient (Wildman–Crippen LogP) is 2.16. The number of anilines is 1. The third kappa shape index (κ3) is 3.41. The highest BCUT2D eigenvalue weighted by Crippen LogP contribution is 2.26. The largest absolute Gasteiger partial charge is 0.326 e. The Bertz CT molecular complexity index is 393. The minimum atomic E-state index is -2.42. The summed E-state index contributed by atoms with van der Waals surface area (Å²) in [5.74, 6) is -2.43. The summed E-state index contributed by atoms with van der Waals surface area (Å²) < 4.78 is 24.2. The van der Waals surface area contributed by atoms with E-state index >= 15 is 0 Å². The maximum Gasteiger partial charge on any atom is 0.288 e. The standard InChI is InChI=1S/C11H12F2N2OS/c12-11(13)17-9-3-1-8(2-4-9)15-10(16)7-5-14-6-7/h1-4,7,11,14H,5-6H2,(H,15,16). The second-order valence-corrected chi connectivity index (χ2v) is 4.81. The normalized spacial score (nSPS) is 15.7. The van der Waals surface area contributed by atoms with E-state index in [1.165, 1.54) is 0 Å². The number of rotatable bonds is 4. The lowest BCUT2D eigenvalue weighted by Crippen LogP contribution is -2.48. The van der Waals surface area contributed by atoms with Crippen molar-refractivity contribution in [2.45, 2.75) is 10.7 Å². The number of carbonyl (C=O) groups is 1. The maximum absolute atomic E-state index is 12.1. The van der Waals surface area contributed by atoms with Gasteiger partial charge in [-0.05, 0) is 24.3 Å². The second-order valence-electron chi connectivity index (χ2n) is 3.75. The number of hydrogen-bond acceptors (Lipinski definition) is 3. The van der Waals surface area contributed by atoms with Crippen LogP contribution < -0.4 is 10.6 Å². The third-order valence-electron chi connectivity index (χ3n) is 2.50. The summed E-state index contributed by atoms with van der Waals surface area (Å²) >= 11 is 0.492. The SMILES string of the molecule is O=C(Nc1ccc(SC(F)F)cc1)C1CNC1. The Kier molecular flexibility index (Phi) is 3.96. The van der Waals surface area contributed by atoms with Gasteiger partial charge in [-0.2, -0.15) is 8.78 Å². The molecule has 1 amide bonds. The number of alkyl halides is 2. The number of benzene rings is 1. The quantitative estimate of drug-likeness (QED) is 0.813. The fraction of sp³-hybridized carbons (Fsp3) is 0.364. The molecule has 0 saturated carbocycles. The van der Waals surface area contributed by atoms with Gasteiger partial charge in [0.05, 0.1) is 5.92 Å². The van der Waals surface area contributed by atoms with Crippen molar-refractivity contribution in [1.82, 2.24) is 5.32 Å². The van der Waals surface area contributed by atoms with E-state index in [4.69, 9.17) is 0 Å². The van der Waals surface area contributed by atoms with Crippen molar-refractivity contribution in [3.8, 4) is 0 Å². The molecule has 1 aromatic carbocycles. The molecule has 1 saturated heterocycles. The van der Waals surface area contributed by atoms with Crippen LogP contribution in [0.2, 0.25) is 0 Å². The monoisotopic (exact) mass is 258 g/mol. The van der Waals surface area contributed by atoms with Gasteiger partial charge < -0.3 is 10.6 Å². The van der Waals surface area contributed by atoms with Gasteiger partial charge in [0.25, 0.3) is 5.76 Å². The number of carbonyl (C=O) groups excluding carboxylic acids is 1.